The van der Waals surface area contributed by atoms with Gasteiger partial charge in [-0.2, -0.15) is 0 Å². The SMILES string of the molecule is Cc1c(CN=C(N)NC2CCCC2)oc2ccccc12.I. The largest absolute Gasteiger partial charge is 0.459 e. The van der Waals surface area contributed by atoms with E-state index in [2.05, 4.69) is 23.3 Å². The Bertz CT molecular complexity index is 629. The molecule has 1 heterocycles. The van der Waals surface area contributed by atoms with Gasteiger partial charge in [0.2, 0.25) is 0 Å². The number of hydrogen-bond acceptors (Lipinski definition) is 2. The summed E-state index contributed by atoms with van der Waals surface area (Å²) in [4.78, 5) is 4.40. The fourth-order valence-corrected chi connectivity index (χ4v) is 2.86. The highest BCUT2D eigenvalue weighted by Crippen LogP contribution is 2.25. The van der Waals surface area contributed by atoms with Crippen molar-refractivity contribution < 1.29 is 4.42 Å². The molecule has 0 bridgehead atoms. The first-order valence-electron chi connectivity index (χ1n) is 7.27. The van der Waals surface area contributed by atoms with Gasteiger partial charge < -0.3 is 15.5 Å². The monoisotopic (exact) mass is 399 g/mol. The van der Waals surface area contributed by atoms with Gasteiger partial charge >= 0.3 is 0 Å². The second-order valence-electron chi connectivity index (χ2n) is 5.47. The van der Waals surface area contributed by atoms with Crippen LogP contribution in [0.15, 0.2) is 33.7 Å². The smallest absolute Gasteiger partial charge is 0.189 e. The summed E-state index contributed by atoms with van der Waals surface area (Å²) in [6.45, 7) is 2.56. The lowest BCUT2D eigenvalue weighted by molar-refractivity contribution is 0.547. The molecule has 1 saturated carbocycles. The van der Waals surface area contributed by atoms with Crippen LogP contribution in [0.3, 0.4) is 0 Å². The number of guanidine groups is 1. The van der Waals surface area contributed by atoms with E-state index in [1.54, 1.807) is 0 Å². The Hall–Kier alpha value is -1.24. The Labute approximate surface area is 142 Å². The molecule has 0 unspecified atom stereocenters. The number of hydrogen-bond donors (Lipinski definition) is 2. The van der Waals surface area contributed by atoms with Crippen LogP contribution in [0, 0.1) is 6.92 Å². The van der Waals surface area contributed by atoms with Crippen LogP contribution in [0.2, 0.25) is 0 Å². The van der Waals surface area contributed by atoms with Crippen molar-refractivity contribution >= 4 is 40.9 Å². The molecular formula is C16H22IN3O. The van der Waals surface area contributed by atoms with E-state index in [0.29, 0.717) is 18.5 Å². The summed E-state index contributed by atoms with van der Waals surface area (Å²) in [5, 5.41) is 4.44. The summed E-state index contributed by atoms with van der Waals surface area (Å²) in [7, 11) is 0. The number of aryl methyl sites for hydroxylation is 1. The van der Waals surface area contributed by atoms with Gasteiger partial charge in [-0.3, -0.25) is 0 Å². The fraction of sp³-hybridized carbons (Fsp3) is 0.438. The topological polar surface area (TPSA) is 63.5 Å². The maximum absolute atomic E-state index is 5.94. The first kappa shape index (κ1) is 16.1. The van der Waals surface area contributed by atoms with Gasteiger partial charge in [-0.15, -0.1) is 24.0 Å². The number of nitrogens with zero attached hydrogens (tertiary/aromatic N) is 1. The molecule has 0 spiro atoms. The summed E-state index contributed by atoms with van der Waals surface area (Å²) in [5.74, 6) is 1.42. The molecule has 0 amide bonds. The summed E-state index contributed by atoms with van der Waals surface area (Å²) in [6, 6.07) is 8.55. The van der Waals surface area contributed by atoms with Gasteiger partial charge in [0.25, 0.3) is 0 Å². The number of para-hydroxylation sites is 1. The molecule has 4 nitrogen and oxygen atoms in total. The summed E-state index contributed by atoms with van der Waals surface area (Å²) in [5.41, 5.74) is 8.01. The predicted octanol–water partition coefficient (Wildman–Crippen LogP) is 3.71. The average molecular weight is 399 g/mol. The fourth-order valence-electron chi connectivity index (χ4n) is 2.86. The lowest BCUT2D eigenvalue weighted by Crippen LogP contribution is -2.38. The van der Waals surface area contributed by atoms with E-state index in [1.807, 2.05) is 18.2 Å². The molecule has 0 atom stereocenters. The van der Waals surface area contributed by atoms with Crippen molar-refractivity contribution in [3.8, 4) is 0 Å². The zero-order valence-corrected chi connectivity index (χ0v) is 14.6. The Balaban J connectivity index is 0.00000161. The van der Waals surface area contributed by atoms with E-state index in [4.69, 9.17) is 10.2 Å². The Kier molecular flexibility index (Phi) is 5.50. The van der Waals surface area contributed by atoms with E-state index in [0.717, 1.165) is 22.3 Å². The number of furan rings is 1. The Morgan fingerprint density at radius 1 is 1.33 bits per heavy atom. The normalized spacial score (nSPS) is 16.1. The third-order valence-corrected chi connectivity index (χ3v) is 4.04. The number of nitrogens with one attached hydrogen (secondary N) is 1. The maximum atomic E-state index is 5.94. The molecule has 5 heteroatoms. The van der Waals surface area contributed by atoms with E-state index in [1.165, 1.54) is 25.7 Å². The van der Waals surface area contributed by atoms with Gasteiger partial charge in [0.1, 0.15) is 17.9 Å². The van der Waals surface area contributed by atoms with Crippen molar-refractivity contribution in [3.05, 3.63) is 35.6 Å². The van der Waals surface area contributed by atoms with Crippen molar-refractivity contribution in [2.24, 2.45) is 10.7 Å². The first-order valence-corrected chi connectivity index (χ1v) is 7.27. The quantitative estimate of drug-likeness (QED) is 0.470. The van der Waals surface area contributed by atoms with Gasteiger partial charge in [0.15, 0.2) is 5.96 Å². The number of halogens is 1. The Morgan fingerprint density at radius 3 is 2.76 bits per heavy atom. The molecule has 0 aliphatic heterocycles. The minimum atomic E-state index is 0. The highest BCUT2D eigenvalue weighted by molar-refractivity contribution is 14.0. The highest BCUT2D eigenvalue weighted by Gasteiger charge is 2.15. The van der Waals surface area contributed by atoms with E-state index < -0.39 is 0 Å². The molecule has 2 aromatic rings. The lowest BCUT2D eigenvalue weighted by atomic mass is 10.1. The predicted molar refractivity (Wildman–Crippen MR) is 97.1 cm³/mol. The molecule has 1 aromatic heterocycles. The third-order valence-electron chi connectivity index (χ3n) is 4.04. The molecule has 1 fully saturated rings. The van der Waals surface area contributed by atoms with Gasteiger partial charge in [-0.25, -0.2) is 4.99 Å². The zero-order chi connectivity index (χ0) is 13.9. The summed E-state index contributed by atoms with van der Waals surface area (Å²) >= 11 is 0. The van der Waals surface area contributed by atoms with Crippen LogP contribution in [0.5, 0.6) is 0 Å². The van der Waals surface area contributed by atoms with Crippen molar-refractivity contribution in [1.29, 1.82) is 0 Å². The number of fused-ring (bicyclic) bond motifs is 1. The van der Waals surface area contributed by atoms with Crippen LogP contribution in [0.1, 0.15) is 37.0 Å². The minimum Gasteiger partial charge on any atom is -0.459 e. The van der Waals surface area contributed by atoms with Crippen LogP contribution < -0.4 is 11.1 Å². The van der Waals surface area contributed by atoms with Gasteiger partial charge in [-0.1, -0.05) is 31.0 Å². The summed E-state index contributed by atoms with van der Waals surface area (Å²) in [6.07, 6.45) is 4.96. The lowest BCUT2D eigenvalue weighted by Gasteiger charge is -2.11. The number of nitrogens with two attached hydrogens (primary N) is 1. The molecule has 1 aliphatic rings. The molecule has 3 N–H and O–H groups in total. The van der Waals surface area contributed by atoms with Crippen molar-refractivity contribution in [2.75, 3.05) is 0 Å². The average Bonchev–Trinajstić information content (AvgIpc) is 3.06. The number of rotatable bonds is 3. The molecule has 0 saturated heterocycles. The van der Waals surface area contributed by atoms with E-state index in [-0.39, 0.29) is 24.0 Å². The van der Waals surface area contributed by atoms with Crippen LogP contribution in [-0.2, 0) is 6.54 Å². The van der Waals surface area contributed by atoms with Crippen LogP contribution in [0.4, 0.5) is 0 Å². The molecule has 21 heavy (non-hydrogen) atoms. The number of aliphatic imine (C=N–C) groups is 1. The number of benzene rings is 1. The van der Waals surface area contributed by atoms with Crippen molar-refractivity contribution in [1.82, 2.24) is 5.32 Å². The van der Waals surface area contributed by atoms with Crippen molar-refractivity contribution in [3.63, 3.8) is 0 Å². The zero-order valence-electron chi connectivity index (χ0n) is 12.3. The molecule has 1 aromatic carbocycles. The molecule has 1 aliphatic carbocycles. The van der Waals surface area contributed by atoms with Gasteiger partial charge in [0, 0.05) is 17.0 Å². The molecule has 0 radical (unpaired) electrons. The van der Waals surface area contributed by atoms with Crippen LogP contribution in [-0.4, -0.2) is 12.0 Å². The third kappa shape index (κ3) is 3.70. The first-order chi connectivity index (χ1) is 9.74. The highest BCUT2D eigenvalue weighted by atomic mass is 127. The Morgan fingerprint density at radius 2 is 2.05 bits per heavy atom. The van der Waals surface area contributed by atoms with Crippen molar-refractivity contribution in [2.45, 2.75) is 45.2 Å². The van der Waals surface area contributed by atoms with E-state index >= 15 is 0 Å². The standard InChI is InChI=1S/C16H21N3O.HI/c1-11-13-8-4-5-9-14(13)20-15(11)10-18-16(17)19-12-6-2-3-7-12;/h4-5,8-9,12H,2-3,6-7,10H2,1H3,(H3,17,18,19);1H. The molecule has 3 rings (SSSR count). The van der Waals surface area contributed by atoms with Crippen LogP contribution >= 0.6 is 24.0 Å². The van der Waals surface area contributed by atoms with Gasteiger partial charge in [-0.05, 0) is 25.8 Å². The minimum absolute atomic E-state index is 0. The second kappa shape index (κ2) is 7.15. The molecule has 114 valence electrons. The molecular weight excluding hydrogens is 377 g/mol. The second-order valence-corrected chi connectivity index (χ2v) is 5.47. The van der Waals surface area contributed by atoms with Crippen LogP contribution in [0.25, 0.3) is 11.0 Å². The van der Waals surface area contributed by atoms with E-state index in [9.17, 15) is 0 Å². The summed E-state index contributed by atoms with van der Waals surface area (Å²) < 4.78 is 5.83. The maximum Gasteiger partial charge on any atom is 0.189 e. The van der Waals surface area contributed by atoms with Gasteiger partial charge in [0.05, 0.1) is 0 Å².